The van der Waals surface area contributed by atoms with Gasteiger partial charge in [0.15, 0.2) is 0 Å². The minimum absolute atomic E-state index is 0. The molecule has 0 radical (unpaired) electrons. The molecule has 0 aromatic heterocycles. The molecule has 0 N–H and O–H groups in total. The van der Waals surface area contributed by atoms with Crippen LogP contribution >= 0.6 is 0 Å². The molecule has 0 aromatic rings. The molecule has 0 aliphatic carbocycles. The Balaban J connectivity index is -0.000000116. The molecule has 4 nitrogen and oxygen atoms in total. The predicted molar refractivity (Wildman–Crippen MR) is 113 cm³/mol. The fourth-order valence-corrected chi connectivity index (χ4v) is 2.58. The second kappa shape index (κ2) is 20.9. The zero-order chi connectivity index (χ0) is 14.6. The lowest BCUT2D eigenvalue weighted by molar-refractivity contribution is 0.0503. The average Bonchev–Trinajstić information content (AvgIpc) is 2.93. The van der Waals surface area contributed by atoms with Crippen molar-refractivity contribution in [1.82, 2.24) is 14.7 Å². The molecular formula is C20H51N3O. The molecule has 3 aliphatic heterocycles. The molecule has 3 fully saturated rings. The maximum Gasteiger partial charge on any atom is 0.0594 e. The lowest BCUT2D eigenvalue weighted by atomic mass is 10.1. The van der Waals surface area contributed by atoms with Gasteiger partial charge in [-0.2, -0.15) is 0 Å². The normalized spacial score (nSPS) is 21.1. The number of hydrogen-bond acceptors (Lipinski definition) is 4. The lowest BCUT2D eigenvalue weighted by Gasteiger charge is -2.21. The van der Waals surface area contributed by atoms with Crippen LogP contribution in [-0.4, -0.2) is 88.3 Å². The number of ether oxygens (including phenoxy) is 1. The molecule has 0 bridgehead atoms. The van der Waals surface area contributed by atoms with Crippen molar-refractivity contribution in [2.45, 2.75) is 61.8 Å². The van der Waals surface area contributed by atoms with Crippen molar-refractivity contribution in [2.75, 3.05) is 73.6 Å². The Morgan fingerprint density at radius 3 is 0.917 bits per heavy atom. The van der Waals surface area contributed by atoms with Crippen molar-refractivity contribution >= 4 is 0 Å². The smallest absolute Gasteiger partial charge is 0.0594 e. The van der Waals surface area contributed by atoms with Gasteiger partial charge in [0.05, 0.1) is 13.2 Å². The van der Waals surface area contributed by atoms with Crippen molar-refractivity contribution in [2.24, 2.45) is 0 Å². The van der Waals surface area contributed by atoms with Crippen LogP contribution in [0.3, 0.4) is 0 Å². The van der Waals surface area contributed by atoms with E-state index in [1.54, 1.807) is 0 Å². The quantitative estimate of drug-likeness (QED) is 0.649. The third kappa shape index (κ3) is 18.2. The van der Waals surface area contributed by atoms with E-state index in [4.69, 9.17) is 4.74 Å². The SMILES string of the molecule is C.C.C.C.CN1CCCC1.CN1CCCCC1.CN1CCOCC1. The molecule has 0 saturated carbocycles. The second-order valence-corrected chi connectivity index (χ2v) is 6.29. The monoisotopic (exact) mass is 349 g/mol. The molecule has 3 saturated heterocycles. The predicted octanol–water partition coefficient (Wildman–Crippen LogP) is 4.31. The molecule has 4 heteroatoms. The van der Waals surface area contributed by atoms with Gasteiger partial charge in [0.1, 0.15) is 0 Å². The maximum atomic E-state index is 5.10. The molecule has 152 valence electrons. The summed E-state index contributed by atoms with van der Waals surface area (Å²) < 4.78 is 5.10. The van der Waals surface area contributed by atoms with Crippen LogP contribution in [0.25, 0.3) is 0 Å². The van der Waals surface area contributed by atoms with Crippen LogP contribution in [0.2, 0.25) is 0 Å². The van der Waals surface area contributed by atoms with Crippen LogP contribution in [0, 0.1) is 0 Å². The van der Waals surface area contributed by atoms with Gasteiger partial charge in [-0.05, 0) is 73.0 Å². The molecule has 0 unspecified atom stereocenters. The third-order valence-corrected chi connectivity index (χ3v) is 4.14. The number of rotatable bonds is 0. The molecule has 3 rings (SSSR count). The van der Waals surface area contributed by atoms with Crippen LogP contribution in [0.15, 0.2) is 0 Å². The zero-order valence-corrected chi connectivity index (χ0v) is 13.9. The molecular weight excluding hydrogens is 298 g/mol. The Labute approximate surface area is 155 Å². The van der Waals surface area contributed by atoms with Gasteiger partial charge < -0.3 is 19.4 Å². The van der Waals surface area contributed by atoms with E-state index in [9.17, 15) is 0 Å². The first kappa shape index (κ1) is 31.6. The summed E-state index contributed by atoms with van der Waals surface area (Å²) in [4.78, 5) is 7.02. The Bertz CT molecular complexity index is 193. The van der Waals surface area contributed by atoms with E-state index in [1.165, 1.54) is 58.3 Å². The van der Waals surface area contributed by atoms with Gasteiger partial charge in [0, 0.05) is 13.1 Å². The highest BCUT2D eigenvalue weighted by Gasteiger charge is 2.03. The van der Waals surface area contributed by atoms with Crippen LogP contribution in [0.1, 0.15) is 61.8 Å². The summed E-state index contributed by atoms with van der Waals surface area (Å²) in [7, 11) is 6.48. The molecule has 0 amide bonds. The van der Waals surface area contributed by atoms with Crippen LogP contribution < -0.4 is 0 Å². The van der Waals surface area contributed by atoms with Gasteiger partial charge in [0.2, 0.25) is 0 Å². The fraction of sp³-hybridized carbons (Fsp3) is 1.00. The van der Waals surface area contributed by atoms with Gasteiger partial charge in [0.25, 0.3) is 0 Å². The van der Waals surface area contributed by atoms with E-state index >= 15 is 0 Å². The fourth-order valence-electron chi connectivity index (χ4n) is 2.58. The van der Waals surface area contributed by atoms with E-state index in [0.717, 1.165) is 26.3 Å². The van der Waals surface area contributed by atoms with Gasteiger partial charge in [-0.15, -0.1) is 0 Å². The van der Waals surface area contributed by atoms with Crippen LogP contribution in [0.5, 0.6) is 0 Å². The van der Waals surface area contributed by atoms with E-state index in [2.05, 4.69) is 35.8 Å². The summed E-state index contributed by atoms with van der Waals surface area (Å²) in [5.74, 6) is 0. The van der Waals surface area contributed by atoms with Gasteiger partial charge in [-0.3, -0.25) is 0 Å². The first-order valence-electron chi connectivity index (χ1n) is 8.32. The topological polar surface area (TPSA) is 19.0 Å². The van der Waals surface area contributed by atoms with E-state index in [0.29, 0.717) is 0 Å². The minimum atomic E-state index is 0. The van der Waals surface area contributed by atoms with Gasteiger partial charge in [-0.1, -0.05) is 36.1 Å². The Morgan fingerprint density at radius 2 is 0.750 bits per heavy atom. The van der Waals surface area contributed by atoms with Crippen LogP contribution in [0.4, 0.5) is 0 Å². The molecule has 0 spiro atoms. The summed E-state index contributed by atoms with van der Waals surface area (Å²) in [6, 6.07) is 0. The first-order chi connectivity index (χ1) is 9.68. The molecule has 3 aliphatic rings. The number of nitrogens with zero attached hydrogens (tertiary/aromatic N) is 3. The van der Waals surface area contributed by atoms with Crippen molar-refractivity contribution in [1.29, 1.82) is 0 Å². The Morgan fingerprint density at radius 1 is 0.458 bits per heavy atom. The summed E-state index contributed by atoms with van der Waals surface area (Å²) >= 11 is 0. The average molecular weight is 350 g/mol. The summed E-state index contributed by atoms with van der Waals surface area (Å²) in [6.07, 6.45) is 7.10. The van der Waals surface area contributed by atoms with E-state index in [1.807, 2.05) is 0 Å². The summed E-state index contributed by atoms with van der Waals surface area (Å²) in [6.45, 7) is 9.30. The number of likely N-dealkylation sites (N-methyl/N-ethyl adjacent to an activating group) is 1. The second-order valence-electron chi connectivity index (χ2n) is 6.29. The first-order valence-corrected chi connectivity index (χ1v) is 8.32. The lowest BCUT2D eigenvalue weighted by Crippen LogP contribution is -2.32. The van der Waals surface area contributed by atoms with Gasteiger partial charge in [-0.25, -0.2) is 0 Å². The molecule has 3 heterocycles. The highest BCUT2D eigenvalue weighted by molar-refractivity contribution is 4.59. The van der Waals surface area contributed by atoms with Crippen molar-refractivity contribution < 1.29 is 4.74 Å². The van der Waals surface area contributed by atoms with E-state index in [-0.39, 0.29) is 29.7 Å². The van der Waals surface area contributed by atoms with E-state index < -0.39 is 0 Å². The highest BCUT2D eigenvalue weighted by Crippen LogP contribution is 2.04. The number of hydrogen-bond donors (Lipinski definition) is 0. The van der Waals surface area contributed by atoms with Gasteiger partial charge >= 0.3 is 0 Å². The minimum Gasteiger partial charge on any atom is -0.379 e. The van der Waals surface area contributed by atoms with Crippen molar-refractivity contribution in [3.8, 4) is 0 Å². The maximum absolute atomic E-state index is 5.10. The molecule has 0 atom stereocenters. The summed E-state index contributed by atoms with van der Waals surface area (Å²) in [5.41, 5.74) is 0. The number of likely N-dealkylation sites (tertiary alicyclic amines) is 2. The number of piperidine rings is 1. The molecule has 0 aromatic carbocycles. The largest absolute Gasteiger partial charge is 0.379 e. The number of morpholine rings is 1. The summed E-state index contributed by atoms with van der Waals surface area (Å²) in [5, 5.41) is 0. The van der Waals surface area contributed by atoms with Crippen molar-refractivity contribution in [3.63, 3.8) is 0 Å². The van der Waals surface area contributed by atoms with Crippen LogP contribution in [-0.2, 0) is 4.74 Å². The highest BCUT2D eigenvalue weighted by atomic mass is 16.5. The molecule has 24 heavy (non-hydrogen) atoms. The van der Waals surface area contributed by atoms with Crippen molar-refractivity contribution in [3.05, 3.63) is 0 Å². The Hall–Kier alpha value is -0.160. The third-order valence-electron chi connectivity index (χ3n) is 4.14. The Kier molecular flexibility index (Phi) is 27.5. The standard InChI is InChI=1S/C6H13N.C5H11NO.C5H11N.4CH4/c1-7-5-3-2-4-6-7;1-6-2-4-7-5-3-6;1-6-4-2-3-5-6;;;;/h2-6H2,1H3;2-5H2,1H3;2-5H2,1H3;4*1H4. The zero-order valence-electron chi connectivity index (χ0n) is 13.9.